The Kier molecular flexibility index (Phi) is 2.76. The van der Waals surface area contributed by atoms with Crippen molar-refractivity contribution in [3.8, 4) is 11.1 Å². The average Bonchev–Trinajstić information content (AvgIpc) is 2.81. The highest BCUT2D eigenvalue weighted by Crippen LogP contribution is 2.36. The monoisotopic (exact) mass is 290 g/mol. The molecule has 2 aromatic carbocycles. The maximum absolute atomic E-state index is 13.7. The molecule has 0 atom stereocenters. The summed E-state index contributed by atoms with van der Waals surface area (Å²) < 4.78 is 13.7. The fourth-order valence-corrected chi connectivity index (χ4v) is 3.12. The largest absolute Gasteiger partial charge is 0.358 e. The highest BCUT2D eigenvalue weighted by molar-refractivity contribution is 6.05. The van der Waals surface area contributed by atoms with Gasteiger partial charge in [-0.15, -0.1) is 0 Å². The second kappa shape index (κ2) is 4.67. The number of nitrogens with one attached hydrogen (secondary N) is 1. The minimum absolute atomic E-state index is 0.220. The van der Waals surface area contributed by atoms with Gasteiger partial charge in [0.15, 0.2) is 0 Å². The first kappa shape index (κ1) is 13.0. The van der Waals surface area contributed by atoms with E-state index >= 15 is 0 Å². The van der Waals surface area contributed by atoms with Crippen molar-refractivity contribution >= 4 is 21.8 Å². The Morgan fingerprint density at radius 2 is 1.82 bits per heavy atom. The predicted molar refractivity (Wildman–Crippen MR) is 88.5 cm³/mol. The van der Waals surface area contributed by atoms with E-state index in [2.05, 4.69) is 35.1 Å². The molecule has 0 bridgehead atoms. The number of hydrogen-bond acceptors (Lipinski definition) is 1. The second-order valence-electron chi connectivity index (χ2n) is 5.69. The molecule has 0 aliphatic carbocycles. The van der Waals surface area contributed by atoms with E-state index in [4.69, 9.17) is 0 Å². The van der Waals surface area contributed by atoms with Crippen molar-refractivity contribution in [1.82, 2.24) is 9.97 Å². The van der Waals surface area contributed by atoms with Gasteiger partial charge in [-0.25, -0.2) is 4.39 Å². The minimum atomic E-state index is -0.220. The lowest BCUT2D eigenvalue weighted by atomic mass is 9.98. The fourth-order valence-electron chi connectivity index (χ4n) is 3.12. The molecule has 1 N–H and O–H groups in total. The average molecular weight is 290 g/mol. The molecular formula is C19H15FN2. The molecule has 4 aromatic rings. The van der Waals surface area contributed by atoms with E-state index in [1.165, 1.54) is 11.6 Å². The van der Waals surface area contributed by atoms with Crippen molar-refractivity contribution in [1.29, 1.82) is 0 Å². The zero-order chi connectivity index (χ0) is 15.3. The highest BCUT2D eigenvalue weighted by atomic mass is 19.1. The van der Waals surface area contributed by atoms with Crippen LogP contribution in [0, 0.1) is 19.7 Å². The smallest absolute Gasteiger partial charge is 0.123 e. The van der Waals surface area contributed by atoms with Crippen LogP contribution < -0.4 is 0 Å². The Morgan fingerprint density at radius 1 is 0.955 bits per heavy atom. The van der Waals surface area contributed by atoms with Gasteiger partial charge in [-0.1, -0.05) is 12.1 Å². The number of hydrogen-bond donors (Lipinski definition) is 1. The van der Waals surface area contributed by atoms with Crippen LogP contribution in [0.15, 0.2) is 48.7 Å². The number of nitrogens with zero attached hydrogens (tertiary/aromatic N) is 1. The lowest BCUT2D eigenvalue weighted by molar-refractivity contribution is 0.630. The van der Waals surface area contributed by atoms with E-state index in [0.717, 1.165) is 38.6 Å². The first-order chi connectivity index (χ1) is 10.6. The molecule has 2 aromatic heterocycles. The quantitative estimate of drug-likeness (QED) is 0.516. The van der Waals surface area contributed by atoms with Crippen LogP contribution in [0.2, 0.25) is 0 Å². The summed E-state index contributed by atoms with van der Waals surface area (Å²) in [6.45, 7) is 4.08. The number of benzene rings is 2. The molecule has 0 saturated heterocycles. The molecule has 4 rings (SSSR count). The Labute approximate surface area is 127 Å². The van der Waals surface area contributed by atoms with Crippen LogP contribution in [0.1, 0.15) is 11.3 Å². The molecule has 0 radical (unpaired) electrons. The number of rotatable bonds is 1. The van der Waals surface area contributed by atoms with E-state index < -0.39 is 0 Å². The number of pyridine rings is 1. The molecule has 22 heavy (non-hydrogen) atoms. The zero-order valence-corrected chi connectivity index (χ0v) is 12.4. The molecule has 0 spiro atoms. The number of H-pyrrole nitrogens is 1. The second-order valence-corrected chi connectivity index (χ2v) is 5.69. The molecule has 0 amide bonds. The highest BCUT2D eigenvalue weighted by Gasteiger charge is 2.14. The topological polar surface area (TPSA) is 28.7 Å². The lowest BCUT2D eigenvalue weighted by Gasteiger charge is -2.07. The van der Waals surface area contributed by atoms with Crippen LogP contribution in [-0.4, -0.2) is 9.97 Å². The van der Waals surface area contributed by atoms with Gasteiger partial charge in [-0.05, 0) is 55.3 Å². The zero-order valence-electron chi connectivity index (χ0n) is 12.4. The molecule has 0 aliphatic rings. The molecule has 2 nitrogen and oxygen atoms in total. The molecule has 0 unspecified atom stereocenters. The summed E-state index contributed by atoms with van der Waals surface area (Å²) >= 11 is 0. The van der Waals surface area contributed by atoms with Crippen LogP contribution in [0.4, 0.5) is 4.39 Å². The molecule has 2 heterocycles. The Balaban J connectivity index is 2.11. The summed E-state index contributed by atoms with van der Waals surface area (Å²) in [6, 6.07) is 13.1. The number of aromatic nitrogens is 2. The number of aromatic amines is 1. The lowest BCUT2D eigenvalue weighted by Crippen LogP contribution is -1.86. The standard InChI is InChI=1S/C19H15FN2/c1-11-3-5-14-15(7-8-21-18(14)9-11)19-12(2)22-17-6-4-13(20)10-16(17)19/h3-10,22H,1-2H3. The van der Waals surface area contributed by atoms with Crippen molar-refractivity contribution in [2.45, 2.75) is 13.8 Å². The molecule has 3 heteroatoms. The van der Waals surface area contributed by atoms with E-state index in [1.807, 2.05) is 19.2 Å². The van der Waals surface area contributed by atoms with Gasteiger partial charge in [-0.2, -0.15) is 0 Å². The van der Waals surface area contributed by atoms with Crippen molar-refractivity contribution in [3.05, 3.63) is 65.7 Å². The molecule has 0 fully saturated rings. The van der Waals surface area contributed by atoms with Crippen molar-refractivity contribution in [3.63, 3.8) is 0 Å². The van der Waals surface area contributed by atoms with Crippen LogP contribution in [0.25, 0.3) is 32.9 Å². The van der Waals surface area contributed by atoms with Crippen LogP contribution in [0.5, 0.6) is 0 Å². The van der Waals surface area contributed by atoms with Gasteiger partial charge in [0.1, 0.15) is 5.82 Å². The first-order valence-electron chi connectivity index (χ1n) is 7.27. The van der Waals surface area contributed by atoms with Crippen molar-refractivity contribution < 1.29 is 4.39 Å². The summed E-state index contributed by atoms with van der Waals surface area (Å²) in [5.74, 6) is -0.220. The molecular weight excluding hydrogens is 275 g/mol. The van der Waals surface area contributed by atoms with Crippen LogP contribution in [-0.2, 0) is 0 Å². The summed E-state index contributed by atoms with van der Waals surface area (Å²) in [5, 5.41) is 1.99. The third kappa shape index (κ3) is 1.90. The first-order valence-corrected chi connectivity index (χ1v) is 7.27. The molecule has 108 valence electrons. The Morgan fingerprint density at radius 3 is 2.68 bits per heavy atom. The maximum atomic E-state index is 13.7. The van der Waals surface area contributed by atoms with Gasteiger partial charge in [0.25, 0.3) is 0 Å². The summed E-state index contributed by atoms with van der Waals surface area (Å²) in [6.07, 6.45) is 1.81. The van der Waals surface area contributed by atoms with Gasteiger partial charge in [-0.3, -0.25) is 4.98 Å². The van der Waals surface area contributed by atoms with Gasteiger partial charge in [0.2, 0.25) is 0 Å². The van der Waals surface area contributed by atoms with Crippen molar-refractivity contribution in [2.75, 3.05) is 0 Å². The number of fused-ring (bicyclic) bond motifs is 2. The van der Waals surface area contributed by atoms with Gasteiger partial charge >= 0.3 is 0 Å². The SMILES string of the molecule is Cc1ccc2c(-c3c(C)[nH]c4ccc(F)cc34)ccnc2c1. The van der Waals surface area contributed by atoms with Gasteiger partial charge < -0.3 is 4.98 Å². The Bertz CT molecular complexity index is 1010. The van der Waals surface area contributed by atoms with Crippen LogP contribution in [0.3, 0.4) is 0 Å². The summed E-state index contributed by atoms with van der Waals surface area (Å²) in [5.41, 5.74) is 6.26. The third-order valence-electron chi connectivity index (χ3n) is 4.12. The fraction of sp³-hybridized carbons (Fsp3) is 0.105. The number of aryl methyl sites for hydroxylation is 2. The minimum Gasteiger partial charge on any atom is -0.358 e. The third-order valence-corrected chi connectivity index (χ3v) is 4.12. The van der Waals surface area contributed by atoms with Crippen molar-refractivity contribution in [2.24, 2.45) is 0 Å². The normalized spacial score (nSPS) is 11.4. The van der Waals surface area contributed by atoms with E-state index in [9.17, 15) is 4.39 Å². The molecule has 0 aliphatic heterocycles. The Hall–Kier alpha value is -2.68. The van der Waals surface area contributed by atoms with E-state index in [1.54, 1.807) is 12.1 Å². The predicted octanol–water partition coefficient (Wildman–Crippen LogP) is 5.14. The summed E-state index contributed by atoms with van der Waals surface area (Å²) in [4.78, 5) is 7.80. The molecule has 0 saturated carbocycles. The summed E-state index contributed by atoms with van der Waals surface area (Å²) in [7, 11) is 0. The van der Waals surface area contributed by atoms with Gasteiger partial charge in [0.05, 0.1) is 5.52 Å². The van der Waals surface area contributed by atoms with E-state index in [0.29, 0.717) is 0 Å². The maximum Gasteiger partial charge on any atom is 0.123 e. The van der Waals surface area contributed by atoms with Gasteiger partial charge in [0, 0.05) is 33.7 Å². The number of halogens is 1. The van der Waals surface area contributed by atoms with E-state index in [-0.39, 0.29) is 5.82 Å². The van der Waals surface area contributed by atoms with Crippen LogP contribution >= 0.6 is 0 Å².